The van der Waals surface area contributed by atoms with Crippen LogP contribution in [-0.2, 0) is 15.6 Å². The van der Waals surface area contributed by atoms with Crippen LogP contribution in [0.25, 0.3) is 0 Å². The van der Waals surface area contributed by atoms with Crippen molar-refractivity contribution in [3.05, 3.63) is 35.9 Å². The number of guanidine groups is 1. The van der Waals surface area contributed by atoms with E-state index < -0.39 is 9.84 Å². The van der Waals surface area contributed by atoms with E-state index in [1.54, 1.807) is 0 Å². The summed E-state index contributed by atoms with van der Waals surface area (Å²) in [7, 11) is -3.08. The molecule has 0 fully saturated rings. The third-order valence-electron chi connectivity index (χ3n) is 3.78. The molecule has 142 valence electrons. The predicted molar refractivity (Wildman–Crippen MR) is 107 cm³/mol. The summed E-state index contributed by atoms with van der Waals surface area (Å²) in [5.74, 6) is 1.05. The summed E-state index contributed by atoms with van der Waals surface area (Å²) in [5, 5.41) is 6.51. The lowest BCUT2D eigenvalue weighted by Gasteiger charge is -2.11. The first-order chi connectivity index (χ1) is 12.1. The summed E-state index contributed by atoms with van der Waals surface area (Å²) in [6, 6.07) is 9.32. The van der Waals surface area contributed by atoms with Crippen molar-refractivity contribution in [3.63, 3.8) is 0 Å². The quantitative estimate of drug-likeness (QED) is 0.338. The fourth-order valence-corrected chi connectivity index (χ4v) is 3.89. The Morgan fingerprint density at radius 3 is 2.44 bits per heavy atom. The van der Waals surface area contributed by atoms with Crippen LogP contribution in [0.3, 0.4) is 0 Å². The van der Waals surface area contributed by atoms with Crippen molar-refractivity contribution < 1.29 is 8.42 Å². The summed E-state index contributed by atoms with van der Waals surface area (Å²) < 4.78 is 24.3. The summed E-state index contributed by atoms with van der Waals surface area (Å²) in [4.78, 5) is 4.47. The van der Waals surface area contributed by atoms with Gasteiger partial charge in [-0.2, -0.15) is 0 Å². The molecule has 0 saturated carbocycles. The third kappa shape index (κ3) is 10.8. The molecule has 0 heterocycles. The van der Waals surface area contributed by atoms with E-state index in [0.29, 0.717) is 13.0 Å². The molecule has 0 aliphatic rings. The summed E-state index contributed by atoms with van der Waals surface area (Å²) in [5.41, 5.74) is 0.841. The third-order valence-corrected chi connectivity index (χ3v) is 5.46. The highest BCUT2D eigenvalue weighted by atomic mass is 32.2. The Morgan fingerprint density at radius 1 is 1.00 bits per heavy atom. The normalized spacial score (nSPS) is 12.2. The standard InChI is InChI=1S/C19H33N3O2S/c1-3-5-6-10-14-21-19(20-4-2)22-15-11-16-25(23,24)17-18-12-8-7-9-13-18/h7-9,12-13H,3-6,10-11,14-17H2,1-2H3,(H2,20,21,22). The molecule has 1 aromatic rings. The minimum Gasteiger partial charge on any atom is -0.357 e. The number of nitrogens with one attached hydrogen (secondary N) is 2. The second kappa shape index (κ2) is 12.8. The molecule has 6 heteroatoms. The predicted octanol–water partition coefficient (Wildman–Crippen LogP) is 3.13. The first-order valence-electron chi connectivity index (χ1n) is 9.34. The molecule has 1 rings (SSSR count). The highest BCUT2D eigenvalue weighted by Gasteiger charge is 2.11. The van der Waals surface area contributed by atoms with Gasteiger partial charge in [-0.1, -0.05) is 56.5 Å². The number of unbranched alkanes of at least 4 members (excludes halogenated alkanes) is 3. The molecule has 0 atom stereocenters. The smallest absolute Gasteiger partial charge is 0.191 e. The number of nitrogens with zero attached hydrogens (tertiary/aromatic N) is 1. The van der Waals surface area contributed by atoms with Crippen LogP contribution in [0.15, 0.2) is 35.3 Å². The van der Waals surface area contributed by atoms with Gasteiger partial charge in [0.05, 0.1) is 11.5 Å². The molecular weight excluding hydrogens is 334 g/mol. The first kappa shape index (κ1) is 21.5. The Balaban J connectivity index is 2.34. The van der Waals surface area contributed by atoms with Crippen LogP contribution in [0.1, 0.15) is 51.5 Å². The van der Waals surface area contributed by atoms with Gasteiger partial charge in [0.25, 0.3) is 0 Å². The molecular formula is C19H33N3O2S. The molecule has 5 nitrogen and oxygen atoms in total. The zero-order valence-corrected chi connectivity index (χ0v) is 16.4. The molecule has 0 amide bonds. The number of sulfone groups is 1. The topological polar surface area (TPSA) is 70.6 Å². The molecule has 0 unspecified atom stereocenters. The summed E-state index contributed by atoms with van der Waals surface area (Å²) in [6.07, 6.45) is 5.38. The van der Waals surface area contributed by atoms with Gasteiger partial charge in [0.15, 0.2) is 15.8 Å². The van der Waals surface area contributed by atoms with E-state index in [0.717, 1.165) is 31.0 Å². The van der Waals surface area contributed by atoms with Crippen LogP contribution in [0.2, 0.25) is 0 Å². The molecule has 0 aliphatic carbocycles. The second-order valence-corrected chi connectivity index (χ2v) is 8.36. The lowest BCUT2D eigenvalue weighted by Crippen LogP contribution is -2.37. The maximum atomic E-state index is 12.2. The average Bonchev–Trinajstić information content (AvgIpc) is 2.59. The highest BCUT2D eigenvalue weighted by Crippen LogP contribution is 2.07. The maximum Gasteiger partial charge on any atom is 0.191 e. The molecule has 0 radical (unpaired) electrons. The Labute approximate surface area is 153 Å². The lowest BCUT2D eigenvalue weighted by molar-refractivity contribution is 0.592. The molecule has 0 aromatic heterocycles. The van der Waals surface area contributed by atoms with Gasteiger partial charge in [-0.25, -0.2) is 8.42 Å². The Kier molecular flexibility index (Phi) is 11.0. The van der Waals surface area contributed by atoms with Crippen LogP contribution in [0, 0.1) is 0 Å². The van der Waals surface area contributed by atoms with E-state index in [9.17, 15) is 8.42 Å². The van der Waals surface area contributed by atoms with Crippen LogP contribution >= 0.6 is 0 Å². The molecule has 0 aliphatic heterocycles. The molecule has 1 aromatic carbocycles. The molecule has 0 spiro atoms. The van der Waals surface area contributed by atoms with Gasteiger partial charge in [0, 0.05) is 19.6 Å². The van der Waals surface area contributed by atoms with Gasteiger partial charge >= 0.3 is 0 Å². The minimum atomic E-state index is -3.08. The lowest BCUT2D eigenvalue weighted by atomic mass is 10.2. The fourth-order valence-electron chi connectivity index (χ4n) is 2.48. The maximum absolute atomic E-state index is 12.2. The molecule has 2 N–H and O–H groups in total. The minimum absolute atomic E-state index is 0.104. The highest BCUT2D eigenvalue weighted by molar-refractivity contribution is 7.90. The van der Waals surface area contributed by atoms with Crippen LogP contribution in [-0.4, -0.2) is 39.8 Å². The number of hydrogen-bond donors (Lipinski definition) is 2. The van der Waals surface area contributed by atoms with Gasteiger partial charge in [-0.3, -0.25) is 4.99 Å². The fraction of sp³-hybridized carbons (Fsp3) is 0.632. The number of rotatable bonds is 12. The van der Waals surface area contributed by atoms with E-state index in [1.165, 1.54) is 19.3 Å². The SMILES string of the molecule is CCCCCCNC(=NCCCS(=O)(=O)Cc1ccccc1)NCC. The largest absolute Gasteiger partial charge is 0.357 e. The van der Waals surface area contributed by atoms with E-state index >= 15 is 0 Å². The molecule has 0 saturated heterocycles. The van der Waals surface area contributed by atoms with Crippen molar-refractivity contribution in [2.75, 3.05) is 25.4 Å². The Morgan fingerprint density at radius 2 is 1.76 bits per heavy atom. The molecule has 0 bridgehead atoms. The van der Waals surface area contributed by atoms with E-state index in [4.69, 9.17) is 0 Å². The van der Waals surface area contributed by atoms with E-state index in [-0.39, 0.29) is 11.5 Å². The van der Waals surface area contributed by atoms with E-state index in [2.05, 4.69) is 22.5 Å². The van der Waals surface area contributed by atoms with Gasteiger partial charge in [0.1, 0.15) is 0 Å². The Hall–Kier alpha value is -1.56. The monoisotopic (exact) mass is 367 g/mol. The number of aliphatic imine (C=N–C) groups is 1. The van der Waals surface area contributed by atoms with Gasteiger partial charge < -0.3 is 10.6 Å². The zero-order chi connectivity index (χ0) is 18.4. The Bertz CT molecular complexity index is 586. The summed E-state index contributed by atoms with van der Waals surface area (Å²) in [6.45, 7) is 6.44. The van der Waals surface area contributed by atoms with Crippen molar-refractivity contribution in [3.8, 4) is 0 Å². The zero-order valence-electron chi connectivity index (χ0n) is 15.6. The van der Waals surface area contributed by atoms with Crippen molar-refractivity contribution >= 4 is 15.8 Å². The first-order valence-corrected chi connectivity index (χ1v) is 11.2. The van der Waals surface area contributed by atoms with Crippen LogP contribution in [0.4, 0.5) is 0 Å². The molecule has 25 heavy (non-hydrogen) atoms. The average molecular weight is 368 g/mol. The van der Waals surface area contributed by atoms with Crippen LogP contribution < -0.4 is 10.6 Å². The van der Waals surface area contributed by atoms with Gasteiger partial charge in [-0.15, -0.1) is 0 Å². The number of hydrogen-bond acceptors (Lipinski definition) is 3. The summed E-state index contributed by atoms with van der Waals surface area (Å²) >= 11 is 0. The van der Waals surface area contributed by atoms with Gasteiger partial charge in [-0.05, 0) is 25.3 Å². The van der Waals surface area contributed by atoms with Crippen LogP contribution in [0.5, 0.6) is 0 Å². The van der Waals surface area contributed by atoms with Crippen molar-refractivity contribution in [1.29, 1.82) is 0 Å². The van der Waals surface area contributed by atoms with Crippen molar-refractivity contribution in [2.24, 2.45) is 4.99 Å². The van der Waals surface area contributed by atoms with Crippen molar-refractivity contribution in [1.82, 2.24) is 10.6 Å². The van der Waals surface area contributed by atoms with Gasteiger partial charge in [0.2, 0.25) is 0 Å². The van der Waals surface area contributed by atoms with Crippen molar-refractivity contribution in [2.45, 2.75) is 51.7 Å². The second-order valence-electron chi connectivity index (χ2n) is 6.18. The number of benzene rings is 1. The van der Waals surface area contributed by atoms with E-state index in [1.807, 2.05) is 37.3 Å².